The Labute approximate surface area is 379 Å². The third-order valence-electron chi connectivity index (χ3n) is 14.8. The Kier molecular flexibility index (Phi) is 11.1. The van der Waals surface area contributed by atoms with Gasteiger partial charge in [0.2, 0.25) is 0 Å². The first kappa shape index (κ1) is 45.2. The summed E-state index contributed by atoms with van der Waals surface area (Å²) in [5.74, 6) is -1.94. The number of likely N-dealkylation sites (N-methyl/N-ethyl adjacent to an activating group) is 1. The number of aliphatic hydroxyl groups is 5. The molecule has 4 fully saturated rings. The molecule has 7 N–H and O–H groups in total. The molecule has 17 heteroatoms. The first-order valence-corrected chi connectivity index (χ1v) is 22.7. The second-order valence-electron chi connectivity index (χ2n) is 19.3. The molecule has 352 valence electrons. The second kappa shape index (κ2) is 16.3. The summed E-state index contributed by atoms with van der Waals surface area (Å²) >= 11 is 0. The van der Waals surface area contributed by atoms with Crippen LogP contribution in [-0.4, -0.2) is 140 Å². The maximum atomic E-state index is 14.8. The summed E-state index contributed by atoms with van der Waals surface area (Å²) in [6.45, 7) is 6.91. The molecule has 1 saturated carbocycles. The van der Waals surface area contributed by atoms with Crippen LogP contribution in [0.5, 0.6) is 11.5 Å². The van der Waals surface area contributed by atoms with E-state index in [0.717, 1.165) is 0 Å². The Morgan fingerprint density at radius 2 is 1.55 bits per heavy atom. The number of fused-ring (bicyclic) bond motifs is 5. The van der Waals surface area contributed by atoms with Gasteiger partial charge in [0, 0.05) is 76.5 Å². The van der Waals surface area contributed by atoms with Gasteiger partial charge in [-0.05, 0) is 65.4 Å². The molecule has 17 nitrogen and oxygen atoms in total. The van der Waals surface area contributed by atoms with Crippen LogP contribution in [0.1, 0.15) is 88.2 Å². The molecule has 66 heavy (non-hydrogen) atoms. The average molecular weight is 913 g/mol. The third-order valence-corrected chi connectivity index (χ3v) is 14.8. The van der Waals surface area contributed by atoms with Crippen LogP contribution in [0.25, 0.3) is 33.4 Å². The van der Waals surface area contributed by atoms with E-state index in [0.29, 0.717) is 16.8 Å². The molecule has 5 heterocycles. The fraction of sp³-hybridized carbons (Fsp3) is 0.531. The van der Waals surface area contributed by atoms with E-state index in [9.17, 15) is 45.3 Å². The van der Waals surface area contributed by atoms with E-state index in [1.54, 1.807) is 39.0 Å². The van der Waals surface area contributed by atoms with Gasteiger partial charge in [0.25, 0.3) is 0 Å². The number of aliphatic hydroxyl groups excluding tert-OH is 4. The van der Waals surface area contributed by atoms with Crippen molar-refractivity contribution in [3.63, 3.8) is 0 Å². The number of ketones is 1. The maximum absolute atomic E-state index is 14.8. The zero-order valence-corrected chi connectivity index (χ0v) is 37.5. The number of hydrogen-bond donors (Lipinski definition) is 7. The Morgan fingerprint density at radius 3 is 2.26 bits per heavy atom. The molecule has 2 aliphatic carbocycles. The lowest BCUT2D eigenvalue weighted by Crippen LogP contribution is -2.65. The summed E-state index contributed by atoms with van der Waals surface area (Å²) in [5, 5.41) is 80.5. The van der Waals surface area contributed by atoms with Gasteiger partial charge in [-0.15, -0.1) is 0 Å². The summed E-state index contributed by atoms with van der Waals surface area (Å²) in [4.78, 5) is 36.1. The lowest BCUT2D eigenvalue weighted by Gasteiger charge is -2.54. The molecule has 3 saturated heterocycles. The molecule has 3 aromatic carbocycles. The SMILES string of the molecule is C[C@H]1CC(=O)[C@@]2(O)c3c(c(O)c4c(O)c([C@H]5C[C@@H](O)[C@H](O)[C@@H](C)O5)cc5/c(=C6\C=Nc7ccccc76)c(=O)oc3c45)C=C[C@@]2(O[C@@H]2C[C@@H](N(C)C)[C@@H](O[C@@H]3C[C@@H](O)[C@@H](O)[C@@H](C)O3)[C@@H](C)O2)C1. The molecule has 4 aliphatic heterocycles. The minimum Gasteiger partial charge on any atom is -0.507 e. The largest absolute Gasteiger partial charge is 0.507 e. The van der Waals surface area contributed by atoms with Gasteiger partial charge in [-0.2, -0.15) is 0 Å². The van der Waals surface area contributed by atoms with Crippen molar-refractivity contribution in [2.24, 2.45) is 10.9 Å². The summed E-state index contributed by atoms with van der Waals surface area (Å²) in [6.07, 6.45) is -5.48. The van der Waals surface area contributed by atoms with E-state index in [-0.39, 0.29) is 87.7 Å². The summed E-state index contributed by atoms with van der Waals surface area (Å²) in [5.41, 5.74) is -4.11. The van der Waals surface area contributed by atoms with Crippen LogP contribution in [0.15, 0.2) is 50.6 Å². The van der Waals surface area contributed by atoms with Crippen molar-refractivity contribution >= 4 is 51.1 Å². The summed E-state index contributed by atoms with van der Waals surface area (Å²) in [6, 6.07) is 8.35. The van der Waals surface area contributed by atoms with Gasteiger partial charge < -0.3 is 68.7 Å². The first-order valence-electron chi connectivity index (χ1n) is 22.7. The number of Topliss-reactive ketones (excluding diaryl/α,β-unsaturated/α-hetero) is 1. The lowest BCUT2D eigenvalue weighted by atomic mass is 9.60. The fourth-order valence-corrected chi connectivity index (χ4v) is 11.4. The smallest absolute Gasteiger partial charge is 0.344 e. The zero-order valence-electron chi connectivity index (χ0n) is 37.5. The quantitative estimate of drug-likeness (QED) is 0.137. The van der Waals surface area contributed by atoms with E-state index in [4.69, 9.17) is 28.1 Å². The highest BCUT2D eigenvalue weighted by Gasteiger charge is 2.64. The number of aromatic hydroxyl groups is 2. The molecule has 10 rings (SSSR count). The Balaban J connectivity index is 1.14. The monoisotopic (exact) mass is 912 g/mol. The lowest BCUT2D eigenvalue weighted by molar-refractivity contribution is -0.325. The van der Waals surface area contributed by atoms with Crippen LogP contribution in [-0.2, 0) is 34.1 Å². The number of aliphatic imine (C=N–C) groups is 1. The normalized spacial score (nSPS) is 38.5. The van der Waals surface area contributed by atoms with Crippen molar-refractivity contribution in [1.29, 1.82) is 0 Å². The molecular weight excluding hydrogens is 857 g/mol. The molecule has 0 amide bonds. The van der Waals surface area contributed by atoms with Crippen molar-refractivity contribution in [3.8, 4) is 11.5 Å². The van der Waals surface area contributed by atoms with Crippen LogP contribution in [0, 0.1) is 5.92 Å². The van der Waals surface area contributed by atoms with Gasteiger partial charge in [0.1, 0.15) is 41.0 Å². The number of nitrogens with zero attached hydrogens (tertiary/aromatic N) is 2. The number of rotatable bonds is 6. The number of carbonyl (C=O) groups excluding carboxylic acids is 1. The van der Waals surface area contributed by atoms with E-state index in [2.05, 4.69) is 4.99 Å². The topological polar surface area (TPSA) is 251 Å². The number of phenols is 2. The van der Waals surface area contributed by atoms with Crippen molar-refractivity contribution in [2.75, 3.05) is 14.1 Å². The third kappa shape index (κ3) is 6.81. The molecule has 15 atom stereocenters. The van der Waals surface area contributed by atoms with Crippen molar-refractivity contribution in [2.45, 2.75) is 145 Å². The molecule has 1 aromatic heterocycles. The Bertz CT molecular complexity index is 2780. The number of para-hydroxylation sites is 1. The minimum absolute atomic E-state index is 0.0329. The predicted octanol–water partition coefficient (Wildman–Crippen LogP) is 2.84. The van der Waals surface area contributed by atoms with Gasteiger partial charge >= 0.3 is 5.63 Å². The molecule has 0 radical (unpaired) electrons. The summed E-state index contributed by atoms with van der Waals surface area (Å²) < 4.78 is 38.2. The minimum atomic E-state index is -2.58. The summed E-state index contributed by atoms with van der Waals surface area (Å²) in [7, 11) is 3.74. The predicted molar refractivity (Wildman–Crippen MR) is 238 cm³/mol. The Morgan fingerprint density at radius 1 is 0.848 bits per heavy atom. The van der Waals surface area contributed by atoms with E-state index in [1.807, 2.05) is 32.0 Å². The van der Waals surface area contributed by atoms with E-state index >= 15 is 0 Å². The van der Waals surface area contributed by atoms with Gasteiger partial charge in [-0.25, -0.2) is 4.79 Å². The molecular formula is C49H56N2O15. The maximum Gasteiger partial charge on any atom is 0.344 e. The number of hydrogen-bond acceptors (Lipinski definition) is 17. The van der Waals surface area contributed by atoms with Crippen LogP contribution < -0.4 is 10.8 Å². The van der Waals surface area contributed by atoms with Gasteiger partial charge in [0.05, 0.1) is 52.9 Å². The van der Waals surface area contributed by atoms with E-state index in [1.165, 1.54) is 24.4 Å². The highest BCUT2D eigenvalue weighted by molar-refractivity contribution is 6.22. The number of ether oxygens (including phenoxy) is 5. The second-order valence-corrected chi connectivity index (χ2v) is 19.3. The van der Waals surface area contributed by atoms with Crippen molar-refractivity contribution in [3.05, 3.63) is 74.3 Å². The van der Waals surface area contributed by atoms with Crippen LogP contribution >= 0.6 is 0 Å². The molecule has 6 aliphatic rings. The zero-order chi connectivity index (χ0) is 46.9. The number of benzene rings is 3. The highest BCUT2D eigenvalue weighted by atomic mass is 16.7. The van der Waals surface area contributed by atoms with Gasteiger partial charge in [0.15, 0.2) is 24.0 Å². The first-order chi connectivity index (χ1) is 31.3. The number of carbonyl (C=O) groups is 1. The molecule has 0 bridgehead atoms. The van der Waals surface area contributed by atoms with Gasteiger partial charge in [-0.1, -0.05) is 31.2 Å². The average Bonchev–Trinajstić information content (AvgIpc) is 3.68. The number of phenolic OH excluding ortho intramolecular Hbond substituents is 2. The van der Waals surface area contributed by atoms with Crippen molar-refractivity contribution < 1.29 is 68.6 Å². The van der Waals surface area contributed by atoms with Crippen LogP contribution in [0.4, 0.5) is 5.69 Å². The van der Waals surface area contributed by atoms with Crippen LogP contribution in [0.3, 0.4) is 0 Å². The standard InChI is InChI=1S/C49H56N2O15/c1-20-13-34(54)49(60)40-25(11-12-48(49,18-20)66-36-15-30(51(5)6)45(23(4)63-36)64-35-17-32(53)42(56)22(3)62-35)43(57)39-38-27(14-26(44(39)58)33-16-31(52)41(55)21(2)61-33)37(47(59)65-46(38)40)28-19-50-29-10-8-7-9-24(28)29/h7-12,14,19-23,30-33,35-36,41-42,45,52-53,55-58,60H,13,15-18H2,1-6H3/b37-28-/t20-,21+,22+,23+,30+,31+,32+,33+,35+,36+,41+,42-,45-,48+,49+/m0/s1. The van der Waals surface area contributed by atoms with Crippen molar-refractivity contribution in [1.82, 2.24) is 4.90 Å². The fourth-order valence-electron chi connectivity index (χ4n) is 11.4. The highest BCUT2D eigenvalue weighted by Crippen LogP contribution is 2.58. The van der Waals surface area contributed by atoms with Gasteiger partial charge in [-0.3, -0.25) is 9.79 Å². The Hall–Kier alpha value is -4.63. The molecule has 4 aromatic rings. The molecule has 0 spiro atoms. The molecule has 0 unspecified atom stereocenters. The van der Waals surface area contributed by atoms with E-state index < -0.39 is 102 Å². The van der Waals surface area contributed by atoms with Crippen LogP contribution in [0.2, 0.25) is 0 Å².